The van der Waals surface area contributed by atoms with Gasteiger partial charge in [-0.3, -0.25) is 4.79 Å². The molecule has 8 nitrogen and oxygen atoms in total. The van der Waals surface area contributed by atoms with Gasteiger partial charge < -0.3 is 19.3 Å². The number of ether oxygens (including phenoxy) is 3. The summed E-state index contributed by atoms with van der Waals surface area (Å²) in [6, 6.07) is 17.2. The van der Waals surface area contributed by atoms with Crippen LogP contribution in [0, 0.1) is 0 Å². The normalized spacial score (nSPS) is 10.5. The Morgan fingerprint density at radius 3 is 2.16 bits per heavy atom. The van der Waals surface area contributed by atoms with Crippen LogP contribution in [0.25, 0.3) is 0 Å². The van der Waals surface area contributed by atoms with Crippen LogP contribution in [0.4, 0.5) is 0 Å². The number of nitrogens with one attached hydrogen (secondary N) is 1. The van der Waals surface area contributed by atoms with E-state index in [2.05, 4.69) is 10.5 Å². The van der Waals surface area contributed by atoms with Crippen molar-refractivity contribution in [3.05, 3.63) is 83.4 Å². The summed E-state index contributed by atoms with van der Waals surface area (Å²) in [7, 11) is 3.00. The number of esters is 1. The zero-order valence-corrected chi connectivity index (χ0v) is 16.9. The van der Waals surface area contributed by atoms with E-state index in [0.29, 0.717) is 33.9 Å². The van der Waals surface area contributed by atoms with Crippen molar-refractivity contribution in [3.63, 3.8) is 0 Å². The van der Waals surface area contributed by atoms with Gasteiger partial charge in [0.05, 0.1) is 26.0 Å². The van der Waals surface area contributed by atoms with E-state index in [-0.39, 0.29) is 5.75 Å². The van der Waals surface area contributed by atoms with E-state index in [1.807, 2.05) is 0 Å². The highest BCUT2D eigenvalue weighted by Gasteiger charge is 2.13. The van der Waals surface area contributed by atoms with Crippen molar-refractivity contribution in [3.8, 4) is 23.0 Å². The Morgan fingerprint density at radius 2 is 1.52 bits per heavy atom. The van der Waals surface area contributed by atoms with Crippen LogP contribution < -0.4 is 19.6 Å². The highest BCUT2D eigenvalue weighted by Crippen LogP contribution is 2.28. The second kappa shape index (κ2) is 9.93. The first kappa shape index (κ1) is 21.4. The second-order valence-corrected chi connectivity index (χ2v) is 6.27. The Kier molecular flexibility index (Phi) is 6.85. The topological polar surface area (TPSA) is 106 Å². The Bertz CT molecular complexity index is 1090. The summed E-state index contributed by atoms with van der Waals surface area (Å²) in [4.78, 5) is 24.3. The van der Waals surface area contributed by atoms with E-state index in [9.17, 15) is 14.7 Å². The fraction of sp³-hybridized carbons (Fsp3) is 0.0870. The number of carbonyl (C=O) groups excluding carboxylic acids is 2. The van der Waals surface area contributed by atoms with E-state index < -0.39 is 11.9 Å². The molecule has 0 aliphatic rings. The molecular weight excluding hydrogens is 400 g/mol. The minimum Gasteiger partial charge on any atom is -0.508 e. The van der Waals surface area contributed by atoms with Crippen LogP contribution in [0.3, 0.4) is 0 Å². The molecule has 0 spiro atoms. The van der Waals surface area contributed by atoms with Gasteiger partial charge in [-0.05, 0) is 72.3 Å². The standard InChI is InChI=1S/C23H20N2O6/c1-29-20-12-7-17(13-21(20)30-2)23(28)31-19-10-3-15(4-11-19)14-24-25-22(27)16-5-8-18(26)9-6-16/h3-14,26H,1-2H3,(H,25,27)/b24-14-. The number of methoxy groups -OCH3 is 2. The summed E-state index contributed by atoms with van der Waals surface area (Å²) in [6.45, 7) is 0. The molecule has 0 aliphatic carbocycles. The molecule has 2 N–H and O–H groups in total. The molecule has 0 unspecified atom stereocenters. The molecule has 3 aromatic carbocycles. The van der Waals surface area contributed by atoms with Gasteiger partial charge in [-0.15, -0.1) is 0 Å². The van der Waals surface area contributed by atoms with Gasteiger partial charge in [0.1, 0.15) is 11.5 Å². The van der Waals surface area contributed by atoms with Crippen molar-refractivity contribution in [2.24, 2.45) is 5.10 Å². The molecule has 0 aliphatic heterocycles. The summed E-state index contributed by atoms with van der Waals surface area (Å²) in [5.74, 6) is 0.426. The maximum absolute atomic E-state index is 12.4. The summed E-state index contributed by atoms with van der Waals surface area (Å²) in [5, 5.41) is 13.1. The number of hydrazone groups is 1. The van der Waals surface area contributed by atoms with Crippen molar-refractivity contribution in [2.75, 3.05) is 14.2 Å². The zero-order valence-electron chi connectivity index (χ0n) is 16.9. The fourth-order valence-corrected chi connectivity index (χ4v) is 2.59. The quantitative estimate of drug-likeness (QED) is 0.263. The molecule has 0 saturated carbocycles. The SMILES string of the molecule is COc1ccc(C(=O)Oc2ccc(/C=N\NC(=O)c3ccc(O)cc3)cc2)cc1OC. The third kappa shape index (κ3) is 5.60. The number of phenolic OH excluding ortho intramolecular Hbond substituents is 1. The molecule has 0 atom stereocenters. The Morgan fingerprint density at radius 1 is 0.871 bits per heavy atom. The lowest BCUT2D eigenvalue weighted by molar-refractivity contribution is 0.0734. The number of rotatable bonds is 7. The molecule has 0 fully saturated rings. The molecule has 0 aromatic heterocycles. The largest absolute Gasteiger partial charge is 0.508 e. The third-order valence-corrected chi connectivity index (χ3v) is 4.22. The maximum Gasteiger partial charge on any atom is 0.343 e. The van der Waals surface area contributed by atoms with E-state index in [1.165, 1.54) is 44.7 Å². The molecule has 0 heterocycles. The van der Waals surface area contributed by atoms with Crippen LogP contribution >= 0.6 is 0 Å². The number of amides is 1. The van der Waals surface area contributed by atoms with Gasteiger partial charge in [0, 0.05) is 5.56 Å². The van der Waals surface area contributed by atoms with Crippen molar-refractivity contribution < 1.29 is 28.9 Å². The zero-order chi connectivity index (χ0) is 22.2. The van der Waals surface area contributed by atoms with E-state index in [1.54, 1.807) is 42.5 Å². The molecule has 3 aromatic rings. The Balaban J connectivity index is 1.58. The molecular formula is C23H20N2O6. The van der Waals surface area contributed by atoms with Gasteiger partial charge in [-0.25, -0.2) is 10.2 Å². The lowest BCUT2D eigenvalue weighted by Crippen LogP contribution is -2.17. The van der Waals surface area contributed by atoms with Crippen LogP contribution in [0.1, 0.15) is 26.3 Å². The van der Waals surface area contributed by atoms with Crippen LogP contribution in [0.5, 0.6) is 23.0 Å². The fourth-order valence-electron chi connectivity index (χ4n) is 2.59. The Labute approximate surface area is 178 Å². The first-order chi connectivity index (χ1) is 15.0. The van der Waals surface area contributed by atoms with Gasteiger partial charge >= 0.3 is 5.97 Å². The van der Waals surface area contributed by atoms with E-state index in [4.69, 9.17) is 14.2 Å². The predicted octanol–water partition coefficient (Wildman–Crippen LogP) is 3.39. The van der Waals surface area contributed by atoms with Crippen molar-refractivity contribution in [1.29, 1.82) is 0 Å². The number of benzene rings is 3. The van der Waals surface area contributed by atoms with Crippen molar-refractivity contribution in [2.45, 2.75) is 0 Å². The van der Waals surface area contributed by atoms with E-state index in [0.717, 1.165) is 0 Å². The number of carbonyl (C=O) groups is 2. The smallest absolute Gasteiger partial charge is 0.343 e. The summed E-state index contributed by atoms with van der Waals surface area (Å²) in [5.41, 5.74) is 3.78. The summed E-state index contributed by atoms with van der Waals surface area (Å²) in [6.07, 6.45) is 1.46. The second-order valence-electron chi connectivity index (χ2n) is 6.27. The molecule has 0 bridgehead atoms. The molecule has 1 amide bonds. The Hall–Kier alpha value is -4.33. The van der Waals surface area contributed by atoms with Crippen LogP contribution in [-0.4, -0.2) is 37.4 Å². The van der Waals surface area contributed by atoms with Gasteiger partial charge in [0.25, 0.3) is 5.91 Å². The van der Waals surface area contributed by atoms with Crippen molar-refractivity contribution >= 4 is 18.1 Å². The average Bonchev–Trinajstić information content (AvgIpc) is 2.80. The monoisotopic (exact) mass is 420 g/mol. The van der Waals surface area contributed by atoms with E-state index >= 15 is 0 Å². The maximum atomic E-state index is 12.4. The molecule has 0 saturated heterocycles. The number of hydrogen-bond donors (Lipinski definition) is 2. The first-order valence-electron chi connectivity index (χ1n) is 9.17. The van der Waals surface area contributed by atoms with Gasteiger partial charge in [0.15, 0.2) is 11.5 Å². The minimum atomic E-state index is -0.538. The van der Waals surface area contributed by atoms with Crippen LogP contribution in [0.15, 0.2) is 71.8 Å². The lowest BCUT2D eigenvalue weighted by atomic mass is 10.2. The molecule has 31 heavy (non-hydrogen) atoms. The molecule has 3 rings (SSSR count). The number of aromatic hydroxyl groups is 1. The lowest BCUT2D eigenvalue weighted by Gasteiger charge is -2.09. The average molecular weight is 420 g/mol. The number of hydrogen-bond acceptors (Lipinski definition) is 7. The summed E-state index contributed by atoms with van der Waals surface area (Å²) < 4.78 is 15.7. The van der Waals surface area contributed by atoms with Crippen molar-refractivity contribution in [1.82, 2.24) is 5.43 Å². The van der Waals surface area contributed by atoms with Gasteiger partial charge in [-0.2, -0.15) is 5.10 Å². The molecule has 8 heteroatoms. The van der Waals surface area contributed by atoms with Crippen LogP contribution in [-0.2, 0) is 0 Å². The number of phenols is 1. The number of nitrogens with zero attached hydrogens (tertiary/aromatic N) is 1. The van der Waals surface area contributed by atoms with Gasteiger partial charge in [0.2, 0.25) is 0 Å². The van der Waals surface area contributed by atoms with Gasteiger partial charge in [-0.1, -0.05) is 0 Å². The molecule has 0 radical (unpaired) electrons. The highest BCUT2D eigenvalue weighted by molar-refractivity contribution is 5.95. The first-order valence-corrected chi connectivity index (χ1v) is 9.17. The summed E-state index contributed by atoms with van der Waals surface area (Å²) >= 11 is 0. The third-order valence-electron chi connectivity index (χ3n) is 4.22. The predicted molar refractivity (Wildman–Crippen MR) is 114 cm³/mol. The minimum absolute atomic E-state index is 0.0759. The molecule has 158 valence electrons. The van der Waals surface area contributed by atoms with Crippen LogP contribution in [0.2, 0.25) is 0 Å². The highest BCUT2D eigenvalue weighted by atomic mass is 16.5.